The zero-order valence-corrected chi connectivity index (χ0v) is 12.4. The number of imide groups is 2. The second-order valence-corrected chi connectivity index (χ2v) is 5.32. The van der Waals surface area contributed by atoms with Crippen LogP contribution in [0.25, 0.3) is 0 Å². The molecular formula is C16H12N2O5. The van der Waals surface area contributed by atoms with Crippen molar-refractivity contribution in [1.82, 2.24) is 0 Å². The number of phenols is 1. The Morgan fingerprint density at radius 1 is 0.739 bits per heavy atom. The summed E-state index contributed by atoms with van der Waals surface area (Å²) in [6.07, 6.45) is 2.37. The highest BCUT2D eigenvalue weighted by atomic mass is 16.3. The number of amides is 4. The maximum atomic E-state index is 12.0. The topological polar surface area (TPSA) is 95.0 Å². The molecule has 0 unspecified atom stereocenters. The van der Waals surface area contributed by atoms with E-state index in [-0.39, 0.29) is 28.3 Å². The Labute approximate surface area is 131 Å². The second kappa shape index (κ2) is 4.91. The smallest absolute Gasteiger partial charge is 0.261 e. The molecule has 0 radical (unpaired) electrons. The molecule has 0 atom stereocenters. The first-order valence-electron chi connectivity index (χ1n) is 6.77. The van der Waals surface area contributed by atoms with Crippen molar-refractivity contribution < 1.29 is 24.3 Å². The number of nitrogens with zero attached hydrogens (tertiary/aromatic N) is 2. The highest BCUT2D eigenvalue weighted by Crippen LogP contribution is 2.33. The number of hydrogen-bond acceptors (Lipinski definition) is 5. The third-order valence-corrected chi connectivity index (χ3v) is 3.61. The van der Waals surface area contributed by atoms with Crippen molar-refractivity contribution in [2.24, 2.45) is 0 Å². The first-order valence-corrected chi connectivity index (χ1v) is 6.77. The fraction of sp³-hybridized carbons (Fsp3) is 0.125. The van der Waals surface area contributed by atoms with Gasteiger partial charge >= 0.3 is 0 Å². The van der Waals surface area contributed by atoms with Gasteiger partial charge in [-0.3, -0.25) is 19.2 Å². The van der Waals surface area contributed by atoms with Gasteiger partial charge < -0.3 is 5.11 Å². The monoisotopic (exact) mass is 312 g/mol. The molecule has 0 spiro atoms. The summed E-state index contributed by atoms with van der Waals surface area (Å²) in [7, 11) is 0. The van der Waals surface area contributed by atoms with Crippen LogP contribution in [-0.4, -0.2) is 28.7 Å². The van der Waals surface area contributed by atoms with Crippen LogP contribution < -0.4 is 9.80 Å². The van der Waals surface area contributed by atoms with Gasteiger partial charge in [-0.05, 0) is 19.9 Å². The fourth-order valence-corrected chi connectivity index (χ4v) is 2.50. The molecule has 116 valence electrons. The van der Waals surface area contributed by atoms with Crippen molar-refractivity contribution in [3.05, 3.63) is 41.5 Å². The lowest BCUT2D eigenvalue weighted by Gasteiger charge is -2.19. The maximum absolute atomic E-state index is 12.0. The minimum Gasteiger partial charge on any atom is -0.508 e. The molecule has 7 nitrogen and oxygen atoms in total. The molecule has 23 heavy (non-hydrogen) atoms. The molecule has 2 aliphatic heterocycles. The van der Waals surface area contributed by atoms with E-state index in [1.165, 1.54) is 44.2 Å². The number of anilines is 2. The summed E-state index contributed by atoms with van der Waals surface area (Å²) in [5.74, 6) is -2.39. The van der Waals surface area contributed by atoms with E-state index in [9.17, 15) is 24.3 Å². The van der Waals surface area contributed by atoms with Crippen LogP contribution in [0.3, 0.4) is 0 Å². The van der Waals surface area contributed by atoms with Gasteiger partial charge in [-0.1, -0.05) is 0 Å². The molecule has 1 aromatic rings. The first kappa shape index (κ1) is 14.7. The average Bonchev–Trinajstić information content (AvgIpc) is 2.85. The van der Waals surface area contributed by atoms with Gasteiger partial charge in [0.05, 0.1) is 11.4 Å². The van der Waals surface area contributed by atoms with Crippen LogP contribution in [0.4, 0.5) is 11.4 Å². The number of aromatic hydroxyl groups is 1. The summed E-state index contributed by atoms with van der Waals surface area (Å²) in [6.45, 7) is 3.01. The summed E-state index contributed by atoms with van der Waals surface area (Å²) in [6, 6.07) is 3.78. The van der Waals surface area contributed by atoms with Gasteiger partial charge in [0.2, 0.25) is 0 Å². The summed E-state index contributed by atoms with van der Waals surface area (Å²) < 4.78 is 0. The molecule has 4 amide bonds. The van der Waals surface area contributed by atoms with E-state index in [2.05, 4.69) is 0 Å². The second-order valence-electron chi connectivity index (χ2n) is 5.32. The van der Waals surface area contributed by atoms with Crippen LogP contribution in [-0.2, 0) is 19.2 Å². The molecule has 0 saturated carbocycles. The first-order chi connectivity index (χ1) is 10.8. The lowest BCUT2D eigenvalue weighted by molar-refractivity contribution is -0.121. The minimum atomic E-state index is -0.544. The van der Waals surface area contributed by atoms with E-state index < -0.39 is 23.6 Å². The van der Waals surface area contributed by atoms with E-state index in [0.29, 0.717) is 0 Å². The van der Waals surface area contributed by atoms with Gasteiger partial charge in [-0.15, -0.1) is 0 Å². The number of carbonyl (C=O) groups is 4. The van der Waals surface area contributed by atoms with Gasteiger partial charge in [0.15, 0.2) is 0 Å². The van der Waals surface area contributed by atoms with Crippen molar-refractivity contribution in [1.29, 1.82) is 0 Å². The molecule has 2 aliphatic rings. The highest BCUT2D eigenvalue weighted by molar-refractivity contribution is 6.32. The molecular weight excluding hydrogens is 300 g/mol. The lowest BCUT2D eigenvalue weighted by atomic mass is 10.2. The van der Waals surface area contributed by atoms with Gasteiger partial charge in [-0.2, -0.15) is 0 Å². The van der Waals surface area contributed by atoms with Gasteiger partial charge in [-0.25, -0.2) is 9.80 Å². The van der Waals surface area contributed by atoms with Crippen LogP contribution in [0.15, 0.2) is 41.5 Å². The Kier molecular flexibility index (Phi) is 3.14. The molecule has 0 bridgehead atoms. The quantitative estimate of drug-likeness (QED) is 0.823. The summed E-state index contributed by atoms with van der Waals surface area (Å²) >= 11 is 0. The standard InChI is InChI=1S/C16H12N2O5/c1-8-3-13(20)17(15(8)22)10-5-11(7-12(19)6-10)18-14(21)4-9(2)16(18)23/h3-7,19H,1-2H3. The number of hydrogen-bond donors (Lipinski definition) is 1. The predicted octanol–water partition coefficient (Wildman–Crippen LogP) is 1.03. The molecule has 2 heterocycles. The summed E-state index contributed by atoms with van der Waals surface area (Å²) in [4.78, 5) is 49.7. The third-order valence-electron chi connectivity index (χ3n) is 3.61. The molecule has 0 aromatic heterocycles. The zero-order chi connectivity index (χ0) is 16.9. The SMILES string of the molecule is CC1=CC(=O)N(c2cc(O)cc(N3C(=O)C=C(C)C3=O)c2)C1=O. The van der Waals surface area contributed by atoms with Crippen molar-refractivity contribution >= 4 is 35.0 Å². The molecule has 7 heteroatoms. The largest absolute Gasteiger partial charge is 0.508 e. The number of phenolic OH excluding ortho intramolecular Hbond substituents is 1. The Bertz CT molecular complexity index is 784. The van der Waals surface area contributed by atoms with Gasteiger partial charge in [0.1, 0.15) is 5.75 Å². The molecule has 0 aliphatic carbocycles. The van der Waals surface area contributed by atoms with Gasteiger partial charge in [0, 0.05) is 35.4 Å². The van der Waals surface area contributed by atoms with Crippen LogP contribution >= 0.6 is 0 Å². The molecule has 3 rings (SSSR count). The van der Waals surface area contributed by atoms with Crippen molar-refractivity contribution in [3.63, 3.8) is 0 Å². The lowest BCUT2D eigenvalue weighted by Crippen LogP contribution is -2.32. The Morgan fingerprint density at radius 2 is 1.13 bits per heavy atom. The van der Waals surface area contributed by atoms with E-state index in [1.54, 1.807) is 0 Å². The summed E-state index contributed by atoms with van der Waals surface area (Å²) in [5.41, 5.74) is 0.720. The Morgan fingerprint density at radius 3 is 1.43 bits per heavy atom. The third kappa shape index (κ3) is 2.22. The normalized spacial score (nSPS) is 18.0. The highest BCUT2D eigenvalue weighted by Gasteiger charge is 2.33. The number of benzene rings is 1. The van der Waals surface area contributed by atoms with Crippen LogP contribution in [0.1, 0.15) is 13.8 Å². The molecule has 1 N–H and O–H groups in total. The fourth-order valence-electron chi connectivity index (χ4n) is 2.50. The average molecular weight is 312 g/mol. The van der Waals surface area contributed by atoms with Crippen molar-refractivity contribution in [2.75, 3.05) is 9.80 Å². The predicted molar refractivity (Wildman–Crippen MR) is 80.6 cm³/mol. The molecule has 1 aromatic carbocycles. The van der Waals surface area contributed by atoms with E-state index >= 15 is 0 Å². The summed E-state index contributed by atoms with van der Waals surface area (Å²) in [5, 5.41) is 9.86. The van der Waals surface area contributed by atoms with Gasteiger partial charge in [0.25, 0.3) is 23.6 Å². The number of rotatable bonds is 2. The maximum Gasteiger partial charge on any atom is 0.261 e. The molecule has 0 saturated heterocycles. The van der Waals surface area contributed by atoms with Crippen LogP contribution in [0.5, 0.6) is 5.75 Å². The Hall–Kier alpha value is -3.22. The minimum absolute atomic E-state index is 0.0910. The van der Waals surface area contributed by atoms with E-state index in [1.807, 2.05) is 0 Å². The van der Waals surface area contributed by atoms with Crippen molar-refractivity contribution in [2.45, 2.75) is 13.8 Å². The van der Waals surface area contributed by atoms with E-state index in [4.69, 9.17) is 0 Å². The van der Waals surface area contributed by atoms with Crippen LogP contribution in [0, 0.1) is 0 Å². The van der Waals surface area contributed by atoms with Crippen LogP contribution in [0.2, 0.25) is 0 Å². The Balaban J connectivity index is 2.05. The molecule has 0 fully saturated rings. The van der Waals surface area contributed by atoms with E-state index in [0.717, 1.165) is 9.80 Å². The van der Waals surface area contributed by atoms with Crippen molar-refractivity contribution in [3.8, 4) is 5.75 Å². The zero-order valence-electron chi connectivity index (χ0n) is 12.4. The number of carbonyl (C=O) groups excluding carboxylic acids is 4.